The average Bonchev–Trinajstić information content (AvgIpc) is 2.79. The van der Waals surface area contributed by atoms with Gasteiger partial charge in [0, 0.05) is 13.0 Å². The van der Waals surface area contributed by atoms with Gasteiger partial charge in [-0.25, -0.2) is 0 Å². The van der Waals surface area contributed by atoms with Gasteiger partial charge in [0.1, 0.15) is 0 Å². The number of nitrogens with one attached hydrogen (secondary N) is 2. The van der Waals surface area contributed by atoms with Crippen LogP contribution in [0.15, 0.2) is 0 Å². The van der Waals surface area contributed by atoms with Crippen LogP contribution in [0.1, 0.15) is 43.2 Å². The van der Waals surface area contributed by atoms with Crippen LogP contribution in [0.25, 0.3) is 0 Å². The van der Waals surface area contributed by atoms with Crippen LogP contribution in [0.2, 0.25) is 0 Å². The molecule has 0 saturated carbocycles. The molecule has 1 unspecified atom stereocenters. The van der Waals surface area contributed by atoms with Crippen LogP contribution in [0, 0.1) is 5.92 Å². The fourth-order valence-corrected chi connectivity index (χ4v) is 1.73. The minimum absolute atomic E-state index is 0.0260. The molecular formula is C11H19N5O3. The number of hydrogen-bond donors (Lipinski definition) is 4. The van der Waals surface area contributed by atoms with Crippen molar-refractivity contribution in [2.75, 3.05) is 12.3 Å². The van der Waals surface area contributed by atoms with Gasteiger partial charge in [0.15, 0.2) is 0 Å². The van der Waals surface area contributed by atoms with Crippen LogP contribution in [-0.4, -0.2) is 38.7 Å². The largest absolute Gasteiger partial charge is 0.481 e. The number of aromatic amines is 1. The first kappa shape index (κ1) is 14.9. The molecule has 1 atom stereocenters. The second-order valence-electron chi connectivity index (χ2n) is 4.29. The van der Waals surface area contributed by atoms with Gasteiger partial charge in [-0.05, 0) is 18.8 Å². The van der Waals surface area contributed by atoms with E-state index in [1.807, 2.05) is 6.92 Å². The van der Waals surface area contributed by atoms with Crippen LogP contribution in [0.4, 0.5) is 5.95 Å². The highest BCUT2D eigenvalue weighted by Crippen LogP contribution is 2.14. The maximum Gasteiger partial charge on any atom is 0.303 e. The summed E-state index contributed by atoms with van der Waals surface area (Å²) in [6.45, 7) is 2.48. The summed E-state index contributed by atoms with van der Waals surface area (Å²) in [4.78, 5) is 25.8. The van der Waals surface area contributed by atoms with Gasteiger partial charge in [-0.15, -0.1) is 5.10 Å². The molecule has 106 valence electrons. The number of aromatic nitrogens is 3. The van der Waals surface area contributed by atoms with Gasteiger partial charge < -0.3 is 16.2 Å². The van der Waals surface area contributed by atoms with E-state index in [1.165, 1.54) is 0 Å². The SMILES string of the molecule is CCC(CCNC(=O)c1nc(N)n[nH]1)CCC(=O)O. The predicted molar refractivity (Wildman–Crippen MR) is 68.4 cm³/mol. The van der Waals surface area contributed by atoms with Crippen molar-refractivity contribution >= 4 is 17.8 Å². The summed E-state index contributed by atoms with van der Waals surface area (Å²) < 4.78 is 0. The summed E-state index contributed by atoms with van der Waals surface area (Å²) >= 11 is 0. The quantitative estimate of drug-likeness (QED) is 0.539. The van der Waals surface area contributed by atoms with Gasteiger partial charge in [-0.2, -0.15) is 4.98 Å². The topological polar surface area (TPSA) is 134 Å². The van der Waals surface area contributed by atoms with Crippen molar-refractivity contribution in [1.82, 2.24) is 20.5 Å². The highest BCUT2D eigenvalue weighted by atomic mass is 16.4. The fraction of sp³-hybridized carbons (Fsp3) is 0.636. The molecule has 1 aromatic heterocycles. The molecule has 1 heterocycles. The molecule has 0 bridgehead atoms. The Morgan fingerprint density at radius 1 is 1.47 bits per heavy atom. The summed E-state index contributed by atoms with van der Waals surface area (Å²) in [7, 11) is 0. The van der Waals surface area contributed by atoms with Crippen LogP contribution >= 0.6 is 0 Å². The van der Waals surface area contributed by atoms with Crippen molar-refractivity contribution in [3.8, 4) is 0 Å². The Morgan fingerprint density at radius 3 is 2.74 bits per heavy atom. The number of nitrogens with two attached hydrogens (primary N) is 1. The van der Waals surface area contributed by atoms with Crippen LogP contribution < -0.4 is 11.1 Å². The van der Waals surface area contributed by atoms with Crippen molar-refractivity contribution in [3.63, 3.8) is 0 Å². The molecule has 1 aromatic rings. The Kier molecular flexibility index (Phi) is 5.77. The van der Waals surface area contributed by atoms with Gasteiger partial charge >= 0.3 is 5.97 Å². The first-order chi connectivity index (χ1) is 9.02. The fourth-order valence-electron chi connectivity index (χ4n) is 1.73. The van der Waals surface area contributed by atoms with E-state index >= 15 is 0 Å². The van der Waals surface area contributed by atoms with Crippen molar-refractivity contribution < 1.29 is 14.7 Å². The molecule has 0 spiro atoms. The number of amides is 1. The standard InChI is InChI=1S/C11H19N5O3/c1-2-7(3-4-8(17)18)5-6-13-10(19)9-14-11(12)16-15-9/h7H,2-6H2,1H3,(H,13,19)(H,17,18)(H3,12,14,15,16). The first-order valence-electron chi connectivity index (χ1n) is 6.20. The zero-order valence-electron chi connectivity index (χ0n) is 10.8. The maximum absolute atomic E-state index is 11.6. The molecule has 1 rings (SSSR count). The molecule has 0 fully saturated rings. The Balaban J connectivity index is 2.28. The average molecular weight is 269 g/mol. The molecule has 8 heteroatoms. The molecule has 0 aromatic carbocycles. The molecule has 0 radical (unpaired) electrons. The van der Waals surface area contributed by atoms with Gasteiger partial charge in [0.25, 0.3) is 5.91 Å². The number of H-pyrrole nitrogens is 1. The molecule has 8 nitrogen and oxygen atoms in total. The molecular weight excluding hydrogens is 250 g/mol. The van der Waals surface area contributed by atoms with Gasteiger partial charge in [0.05, 0.1) is 0 Å². The number of hydrogen-bond acceptors (Lipinski definition) is 5. The lowest BCUT2D eigenvalue weighted by Gasteiger charge is -2.13. The monoisotopic (exact) mass is 269 g/mol. The second-order valence-corrected chi connectivity index (χ2v) is 4.29. The minimum atomic E-state index is -0.792. The number of carboxylic acids is 1. The summed E-state index contributed by atoms with van der Waals surface area (Å²) in [5.41, 5.74) is 5.29. The van der Waals surface area contributed by atoms with Gasteiger partial charge in [0.2, 0.25) is 11.8 Å². The van der Waals surface area contributed by atoms with E-state index in [9.17, 15) is 9.59 Å². The number of carbonyl (C=O) groups excluding carboxylic acids is 1. The van der Waals surface area contributed by atoms with Gasteiger partial charge in [-0.3, -0.25) is 14.7 Å². The normalized spacial score (nSPS) is 12.1. The lowest BCUT2D eigenvalue weighted by atomic mass is 9.97. The molecule has 0 aliphatic carbocycles. The molecule has 5 N–H and O–H groups in total. The Hall–Kier alpha value is -2.12. The summed E-state index contributed by atoms with van der Waals surface area (Å²) in [5, 5.41) is 17.3. The van der Waals surface area contributed by atoms with E-state index < -0.39 is 5.97 Å². The number of nitrogens with zero attached hydrogens (tertiary/aromatic N) is 2. The lowest BCUT2D eigenvalue weighted by molar-refractivity contribution is -0.137. The second kappa shape index (κ2) is 7.34. The van der Waals surface area contributed by atoms with Crippen molar-refractivity contribution in [2.24, 2.45) is 5.92 Å². The van der Waals surface area contributed by atoms with Crippen molar-refractivity contribution in [2.45, 2.75) is 32.6 Å². The van der Waals surface area contributed by atoms with E-state index in [0.29, 0.717) is 13.0 Å². The molecule has 0 aliphatic rings. The zero-order valence-corrected chi connectivity index (χ0v) is 10.8. The van der Waals surface area contributed by atoms with E-state index in [1.54, 1.807) is 0 Å². The third-order valence-electron chi connectivity index (χ3n) is 2.90. The van der Waals surface area contributed by atoms with Gasteiger partial charge in [-0.1, -0.05) is 13.3 Å². The third kappa shape index (κ3) is 5.36. The number of anilines is 1. The van der Waals surface area contributed by atoms with Crippen LogP contribution in [-0.2, 0) is 4.79 Å². The van der Waals surface area contributed by atoms with Crippen LogP contribution in [0.3, 0.4) is 0 Å². The first-order valence-corrected chi connectivity index (χ1v) is 6.20. The molecule has 1 amide bonds. The summed E-state index contributed by atoms with van der Waals surface area (Å²) in [6, 6.07) is 0. The zero-order chi connectivity index (χ0) is 14.3. The highest BCUT2D eigenvalue weighted by molar-refractivity contribution is 5.90. The number of carbonyl (C=O) groups is 2. The molecule has 19 heavy (non-hydrogen) atoms. The van der Waals surface area contributed by atoms with E-state index in [-0.39, 0.29) is 30.0 Å². The number of carboxylic acid groups (broad SMARTS) is 1. The van der Waals surface area contributed by atoms with E-state index in [4.69, 9.17) is 10.8 Å². The Labute approximate surface area is 110 Å². The third-order valence-corrected chi connectivity index (χ3v) is 2.90. The van der Waals surface area contributed by atoms with Crippen molar-refractivity contribution in [3.05, 3.63) is 5.82 Å². The highest BCUT2D eigenvalue weighted by Gasteiger charge is 2.12. The number of rotatable bonds is 8. The Morgan fingerprint density at radius 2 is 2.21 bits per heavy atom. The minimum Gasteiger partial charge on any atom is -0.481 e. The van der Waals surface area contributed by atoms with Crippen molar-refractivity contribution in [1.29, 1.82) is 0 Å². The Bertz CT molecular complexity index is 432. The molecule has 0 saturated heterocycles. The van der Waals surface area contributed by atoms with E-state index in [0.717, 1.165) is 12.8 Å². The smallest absolute Gasteiger partial charge is 0.303 e. The maximum atomic E-state index is 11.6. The molecule has 0 aliphatic heterocycles. The lowest BCUT2D eigenvalue weighted by Crippen LogP contribution is -2.27. The summed E-state index contributed by atoms with van der Waals surface area (Å²) in [5.74, 6) is -0.762. The van der Waals surface area contributed by atoms with E-state index in [2.05, 4.69) is 20.5 Å². The predicted octanol–water partition coefficient (Wildman–Crippen LogP) is 0.398. The number of aliphatic carboxylic acids is 1. The number of nitrogen functional groups attached to an aromatic ring is 1. The van der Waals surface area contributed by atoms with Crippen LogP contribution in [0.5, 0.6) is 0 Å². The summed E-state index contributed by atoms with van der Waals surface area (Å²) in [6.07, 6.45) is 2.40.